The van der Waals surface area contributed by atoms with Gasteiger partial charge in [-0.15, -0.1) is 0 Å². The first-order valence-electron chi connectivity index (χ1n) is 11.4. The van der Waals surface area contributed by atoms with Gasteiger partial charge in [-0.05, 0) is 35.0 Å². The Morgan fingerprint density at radius 3 is 1.83 bits per heavy atom. The number of ether oxygens (including phenoxy) is 1. The van der Waals surface area contributed by atoms with Gasteiger partial charge in [0.1, 0.15) is 5.75 Å². The van der Waals surface area contributed by atoms with Crippen LogP contribution in [0.1, 0.15) is 17.0 Å². The van der Waals surface area contributed by atoms with E-state index < -0.39 is 11.8 Å². The zero-order valence-corrected chi connectivity index (χ0v) is 20.2. The molecule has 2 amide bonds. The van der Waals surface area contributed by atoms with Crippen LogP contribution in [0.3, 0.4) is 0 Å². The number of hydrogen-bond donors (Lipinski definition) is 3. The van der Waals surface area contributed by atoms with Gasteiger partial charge in [0.25, 0.3) is 5.91 Å². The molecule has 180 valence electrons. The normalized spacial score (nSPS) is 10.4. The molecule has 4 aromatic rings. The predicted molar refractivity (Wildman–Crippen MR) is 144 cm³/mol. The Balaban J connectivity index is 1.32. The maximum atomic E-state index is 13.1. The lowest BCUT2D eigenvalue weighted by Crippen LogP contribution is -2.50. The highest BCUT2D eigenvalue weighted by molar-refractivity contribution is 7.80. The Hall–Kier alpha value is -4.49. The van der Waals surface area contributed by atoms with Gasteiger partial charge in [0, 0.05) is 5.56 Å². The van der Waals surface area contributed by atoms with Crippen molar-refractivity contribution >= 4 is 29.1 Å². The van der Waals surface area contributed by atoms with Gasteiger partial charge < -0.3 is 10.1 Å². The van der Waals surface area contributed by atoms with E-state index in [1.54, 1.807) is 6.07 Å². The third-order valence-electron chi connectivity index (χ3n) is 5.41. The fraction of sp³-hybridized carbons (Fsp3) is 0.0690. The van der Waals surface area contributed by atoms with Crippen LogP contribution in [0.5, 0.6) is 5.75 Å². The number of thiocarbonyl (C=S) groups is 1. The molecule has 0 heterocycles. The molecule has 0 aliphatic heterocycles. The Labute approximate surface area is 215 Å². The van der Waals surface area contributed by atoms with E-state index in [2.05, 4.69) is 16.2 Å². The van der Waals surface area contributed by atoms with E-state index in [0.29, 0.717) is 5.75 Å². The lowest BCUT2D eigenvalue weighted by molar-refractivity contribution is -0.124. The Kier molecular flexibility index (Phi) is 8.40. The quantitative estimate of drug-likeness (QED) is 0.258. The van der Waals surface area contributed by atoms with Gasteiger partial charge in [-0.2, -0.15) is 0 Å². The summed E-state index contributed by atoms with van der Waals surface area (Å²) in [5.41, 5.74) is 8.58. The van der Waals surface area contributed by atoms with Crippen molar-refractivity contribution in [3.05, 3.63) is 126 Å². The summed E-state index contributed by atoms with van der Waals surface area (Å²) < 4.78 is 5.74. The van der Waals surface area contributed by atoms with Gasteiger partial charge in [0.05, 0.1) is 5.92 Å². The zero-order valence-electron chi connectivity index (χ0n) is 19.4. The SMILES string of the molecule is O=C(COc1ccccc1-c1ccccc1)NNC(=S)NC(=O)C(c1ccccc1)c1ccccc1. The molecule has 3 N–H and O–H groups in total. The number of carbonyl (C=O) groups excluding carboxylic acids is 2. The average Bonchev–Trinajstić information content (AvgIpc) is 2.93. The van der Waals surface area contributed by atoms with Crippen LogP contribution in [0, 0.1) is 0 Å². The molecule has 0 fully saturated rings. The number of nitrogens with one attached hydrogen (secondary N) is 3. The molecule has 0 saturated carbocycles. The van der Waals surface area contributed by atoms with Gasteiger partial charge in [-0.25, -0.2) is 0 Å². The molecular weight excluding hydrogens is 470 g/mol. The zero-order chi connectivity index (χ0) is 25.2. The lowest BCUT2D eigenvalue weighted by atomic mass is 9.90. The van der Waals surface area contributed by atoms with Crippen LogP contribution in [0.25, 0.3) is 11.1 Å². The van der Waals surface area contributed by atoms with Gasteiger partial charge in [0.15, 0.2) is 11.7 Å². The topological polar surface area (TPSA) is 79.5 Å². The number of benzene rings is 4. The summed E-state index contributed by atoms with van der Waals surface area (Å²) in [5.74, 6) is -0.728. The molecule has 36 heavy (non-hydrogen) atoms. The first-order valence-corrected chi connectivity index (χ1v) is 11.8. The van der Waals surface area contributed by atoms with Crippen molar-refractivity contribution in [1.82, 2.24) is 16.2 Å². The molecule has 0 aliphatic carbocycles. The molecule has 4 aromatic carbocycles. The highest BCUT2D eigenvalue weighted by Gasteiger charge is 2.23. The maximum Gasteiger partial charge on any atom is 0.276 e. The smallest absolute Gasteiger partial charge is 0.276 e. The lowest BCUT2D eigenvalue weighted by Gasteiger charge is -2.19. The van der Waals surface area contributed by atoms with Gasteiger partial charge in [0.2, 0.25) is 5.91 Å². The van der Waals surface area contributed by atoms with E-state index in [4.69, 9.17) is 17.0 Å². The monoisotopic (exact) mass is 495 g/mol. The highest BCUT2D eigenvalue weighted by atomic mass is 32.1. The number of amides is 2. The number of hydrogen-bond acceptors (Lipinski definition) is 4. The maximum absolute atomic E-state index is 13.1. The summed E-state index contributed by atoms with van der Waals surface area (Å²) >= 11 is 5.23. The van der Waals surface area contributed by atoms with Crippen molar-refractivity contribution in [2.45, 2.75) is 5.92 Å². The third-order valence-corrected chi connectivity index (χ3v) is 5.61. The molecule has 0 aliphatic rings. The van der Waals surface area contributed by atoms with Crippen molar-refractivity contribution in [2.75, 3.05) is 6.61 Å². The minimum Gasteiger partial charge on any atom is -0.483 e. The third kappa shape index (κ3) is 6.55. The van der Waals surface area contributed by atoms with Crippen molar-refractivity contribution in [3.63, 3.8) is 0 Å². The van der Waals surface area contributed by atoms with E-state index in [1.807, 2.05) is 109 Å². The van der Waals surface area contributed by atoms with E-state index in [-0.39, 0.29) is 17.6 Å². The van der Waals surface area contributed by atoms with Crippen LogP contribution in [0.15, 0.2) is 115 Å². The second-order valence-corrected chi connectivity index (χ2v) is 8.31. The van der Waals surface area contributed by atoms with Crippen molar-refractivity contribution in [2.24, 2.45) is 0 Å². The molecule has 6 nitrogen and oxygen atoms in total. The minimum absolute atomic E-state index is 0.0186. The second kappa shape index (κ2) is 12.3. The van der Waals surface area contributed by atoms with E-state index in [0.717, 1.165) is 22.3 Å². The fourth-order valence-electron chi connectivity index (χ4n) is 3.76. The molecule has 0 bridgehead atoms. The van der Waals surface area contributed by atoms with Crippen molar-refractivity contribution < 1.29 is 14.3 Å². The standard InChI is InChI=1S/C29H25N3O3S/c33-26(20-35-25-19-11-10-18-24(25)21-12-4-1-5-13-21)31-32-29(36)30-28(34)27(22-14-6-2-7-15-22)23-16-8-3-9-17-23/h1-19,27H,20H2,(H,31,33)(H2,30,32,34,36). The van der Waals surface area contributed by atoms with Crippen LogP contribution >= 0.6 is 12.2 Å². The summed E-state index contributed by atoms with van der Waals surface area (Å²) in [6.45, 7) is -0.232. The molecular formula is C29H25N3O3S. The highest BCUT2D eigenvalue weighted by Crippen LogP contribution is 2.29. The molecule has 0 spiro atoms. The predicted octanol–water partition coefficient (Wildman–Crippen LogP) is 4.59. The average molecular weight is 496 g/mol. The summed E-state index contributed by atoms with van der Waals surface area (Å²) in [5, 5.41) is 2.64. The second-order valence-electron chi connectivity index (χ2n) is 7.90. The molecule has 0 unspecified atom stereocenters. The molecule has 0 radical (unpaired) electrons. The van der Waals surface area contributed by atoms with Crippen LogP contribution in [-0.4, -0.2) is 23.5 Å². The van der Waals surface area contributed by atoms with Crippen molar-refractivity contribution in [1.29, 1.82) is 0 Å². The molecule has 0 atom stereocenters. The van der Waals surface area contributed by atoms with E-state index >= 15 is 0 Å². The largest absolute Gasteiger partial charge is 0.483 e. The van der Waals surface area contributed by atoms with Crippen LogP contribution in [-0.2, 0) is 9.59 Å². The number of para-hydroxylation sites is 1. The van der Waals surface area contributed by atoms with Crippen molar-refractivity contribution in [3.8, 4) is 16.9 Å². The molecule has 4 rings (SSSR count). The van der Waals surface area contributed by atoms with E-state index in [1.165, 1.54) is 0 Å². The summed E-state index contributed by atoms with van der Waals surface area (Å²) in [6, 6.07) is 36.1. The van der Waals surface area contributed by atoms with Crippen LogP contribution in [0.2, 0.25) is 0 Å². The van der Waals surface area contributed by atoms with Gasteiger partial charge >= 0.3 is 0 Å². The molecule has 7 heteroatoms. The van der Waals surface area contributed by atoms with Crippen LogP contribution in [0.4, 0.5) is 0 Å². The summed E-state index contributed by atoms with van der Waals surface area (Å²) in [7, 11) is 0. The summed E-state index contributed by atoms with van der Waals surface area (Å²) in [6.07, 6.45) is 0. The first kappa shape index (κ1) is 24.6. The van der Waals surface area contributed by atoms with E-state index in [9.17, 15) is 9.59 Å². The number of carbonyl (C=O) groups is 2. The first-order chi connectivity index (χ1) is 17.6. The Morgan fingerprint density at radius 2 is 1.22 bits per heavy atom. The number of hydrazine groups is 1. The van der Waals surface area contributed by atoms with Crippen LogP contribution < -0.4 is 20.9 Å². The van der Waals surface area contributed by atoms with Gasteiger partial charge in [-0.1, -0.05) is 109 Å². The summed E-state index contributed by atoms with van der Waals surface area (Å²) in [4.78, 5) is 25.5. The number of rotatable bonds is 7. The Bertz CT molecular complexity index is 1280. The van der Waals surface area contributed by atoms with Gasteiger partial charge in [-0.3, -0.25) is 20.4 Å². The Morgan fingerprint density at radius 1 is 0.694 bits per heavy atom. The molecule has 0 saturated heterocycles. The fourth-order valence-corrected chi connectivity index (χ4v) is 3.91. The minimum atomic E-state index is -0.555. The molecule has 0 aromatic heterocycles.